The van der Waals surface area contributed by atoms with E-state index >= 15 is 0 Å². The van der Waals surface area contributed by atoms with E-state index in [0.29, 0.717) is 22.6 Å². The van der Waals surface area contributed by atoms with Gasteiger partial charge in [-0.25, -0.2) is 0 Å². The summed E-state index contributed by atoms with van der Waals surface area (Å²) in [5.74, 6) is 1.76. The number of methoxy groups -OCH3 is 2. The molecule has 0 spiro atoms. The lowest BCUT2D eigenvalue weighted by molar-refractivity contribution is 0.394. The molecule has 0 amide bonds. The molecule has 3 aromatic rings. The fourth-order valence-corrected chi connectivity index (χ4v) is 3.54. The van der Waals surface area contributed by atoms with Crippen LogP contribution in [0.3, 0.4) is 0 Å². The predicted molar refractivity (Wildman–Crippen MR) is 103 cm³/mol. The summed E-state index contributed by atoms with van der Waals surface area (Å²) in [4.78, 5) is 0. The molecule has 5 nitrogen and oxygen atoms in total. The molecule has 0 aliphatic heterocycles. The first kappa shape index (κ1) is 18.6. The van der Waals surface area contributed by atoms with Gasteiger partial charge in [0, 0.05) is 21.9 Å². The maximum Gasteiger partial charge on any atom is 0.277 e. The van der Waals surface area contributed by atoms with Crippen molar-refractivity contribution in [2.45, 2.75) is 23.8 Å². The Morgan fingerprint density at radius 1 is 1.04 bits per heavy atom. The molecule has 136 valence electrons. The number of halogens is 1. The summed E-state index contributed by atoms with van der Waals surface area (Å²) in [5, 5.41) is 9.78. The standard InChI is InChI=1S/C19H19ClN2O3S/c1-4-17(12-5-7-14(20)8-6-12)26-19-22-21-18(25-19)13-9-15(23-2)11-16(10-13)24-3/h5-11,17H,4H2,1-3H3. The lowest BCUT2D eigenvalue weighted by atomic mass is 10.1. The van der Waals surface area contributed by atoms with Crippen molar-refractivity contribution in [1.82, 2.24) is 10.2 Å². The maximum atomic E-state index is 5.97. The van der Waals surface area contributed by atoms with Gasteiger partial charge in [-0.2, -0.15) is 0 Å². The Bertz CT molecular complexity index is 845. The van der Waals surface area contributed by atoms with E-state index in [1.165, 1.54) is 17.3 Å². The SMILES string of the molecule is CCC(Sc1nnc(-c2cc(OC)cc(OC)c2)o1)c1ccc(Cl)cc1. The minimum atomic E-state index is 0.209. The van der Waals surface area contributed by atoms with E-state index in [9.17, 15) is 0 Å². The van der Waals surface area contributed by atoms with E-state index in [1.807, 2.05) is 36.4 Å². The fourth-order valence-electron chi connectivity index (χ4n) is 2.49. The van der Waals surface area contributed by atoms with Crippen molar-refractivity contribution in [3.05, 3.63) is 53.1 Å². The van der Waals surface area contributed by atoms with Crippen LogP contribution >= 0.6 is 23.4 Å². The number of aromatic nitrogens is 2. The van der Waals surface area contributed by atoms with E-state index in [0.717, 1.165) is 17.0 Å². The number of ether oxygens (including phenoxy) is 2. The zero-order valence-corrected chi connectivity index (χ0v) is 16.3. The van der Waals surface area contributed by atoms with Gasteiger partial charge in [0.15, 0.2) is 0 Å². The van der Waals surface area contributed by atoms with E-state index in [-0.39, 0.29) is 5.25 Å². The molecule has 7 heteroatoms. The maximum absolute atomic E-state index is 5.97. The van der Waals surface area contributed by atoms with Crippen LogP contribution in [-0.4, -0.2) is 24.4 Å². The molecular formula is C19H19ClN2O3S. The van der Waals surface area contributed by atoms with Crippen LogP contribution in [0, 0.1) is 0 Å². The van der Waals surface area contributed by atoms with Crippen molar-refractivity contribution in [2.24, 2.45) is 0 Å². The zero-order valence-electron chi connectivity index (χ0n) is 14.7. The van der Waals surface area contributed by atoms with Crippen molar-refractivity contribution in [1.29, 1.82) is 0 Å². The predicted octanol–water partition coefficient (Wildman–Crippen LogP) is 5.65. The molecule has 0 bridgehead atoms. The van der Waals surface area contributed by atoms with Gasteiger partial charge in [-0.1, -0.05) is 42.4 Å². The lowest BCUT2D eigenvalue weighted by Crippen LogP contribution is -1.92. The average molecular weight is 391 g/mol. The first-order valence-corrected chi connectivity index (χ1v) is 9.37. The lowest BCUT2D eigenvalue weighted by Gasteiger charge is -2.12. The molecule has 0 fully saturated rings. The third-order valence-corrected chi connectivity index (χ3v) is 5.37. The topological polar surface area (TPSA) is 57.4 Å². The monoisotopic (exact) mass is 390 g/mol. The van der Waals surface area contributed by atoms with Crippen LogP contribution in [-0.2, 0) is 0 Å². The zero-order chi connectivity index (χ0) is 18.5. The molecule has 1 atom stereocenters. The molecule has 3 rings (SSSR count). The highest BCUT2D eigenvalue weighted by Gasteiger charge is 2.17. The second-order valence-electron chi connectivity index (χ2n) is 5.54. The average Bonchev–Trinajstić information content (AvgIpc) is 3.15. The van der Waals surface area contributed by atoms with Crippen LogP contribution in [0.15, 0.2) is 52.1 Å². The number of benzene rings is 2. The van der Waals surface area contributed by atoms with E-state index < -0.39 is 0 Å². The van der Waals surface area contributed by atoms with Gasteiger partial charge >= 0.3 is 0 Å². The summed E-state index contributed by atoms with van der Waals surface area (Å²) in [5.41, 5.74) is 1.92. The smallest absolute Gasteiger partial charge is 0.277 e. The highest BCUT2D eigenvalue weighted by atomic mass is 35.5. The number of nitrogens with zero attached hydrogens (tertiary/aromatic N) is 2. The second-order valence-corrected chi connectivity index (χ2v) is 7.13. The summed E-state index contributed by atoms with van der Waals surface area (Å²) >= 11 is 7.51. The third-order valence-electron chi connectivity index (χ3n) is 3.86. The van der Waals surface area contributed by atoms with Crippen LogP contribution in [0.25, 0.3) is 11.5 Å². The Labute approximate surface area is 161 Å². The summed E-state index contributed by atoms with van der Waals surface area (Å²) in [6.45, 7) is 2.12. The second kappa shape index (κ2) is 8.47. The number of thioether (sulfide) groups is 1. The van der Waals surface area contributed by atoms with Gasteiger partial charge in [-0.05, 0) is 36.2 Å². The Balaban J connectivity index is 1.82. The highest BCUT2D eigenvalue weighted by Crippen LogP contribution is 2.38. The molecule has 1 heterocycles. The van der Waals surface area contributed by atoms with Crippen LogP contribution in [0.1, 0.15) is 24.2 Å². The Morgan fingerprint density at radius 3 is 2.27 bits per heavy atom. The molecule has 1 aromatic heterocycles. The van der Waals surface area contributed by atoms with Crippen molar-refractivity contribution in [3.63, 3.8) is 0 Å². The van der Waals surface area contributed by atoms with Gasteiger partial charge in [0.25, 0.3) is 5.22 Å². The van der Waals surface area contributed by atoms with Crippen molar-refractivity contribution >= 4 is 23.4 Å². The molecule has 0 saturated heterocycles. The third kappa shape index (κ3) is 4.31. The minimum absolute atomic E-state index is 0.209. The summed E-state index contributed by atoms with van der Waals surface area (Å²) < 4.78 is 16.4. The van der Waals surface area contributed by atoms with Crippen LogP contribution in [0.2, 0.25) is 5.02 Å². The molecule has 2 aromatic carbocycles. The summed E-state index contributed by atoms with van der Waals surface area (Å²) in [7, 11) is 3.21. The van der Waals surface area contributed by atoms with Gasteiger partial charge in [-0.15, -0.1) is 10.2 Å². The van der Waals surface area contributed by atoms with Crippen LogP contribution < -0.4 is 9.47 Å². The van der Waals surface area contributed by atoms with Crippen molar-refractivity contribution < 1.29 is 13.9 Å². The fraction of sp³-hybridized carbons (Fsp3) is 0.263. The number of hydrogen-bond donors (Lipinski definition) is 0. The molecule has 1 unspecified atom stereocenters. The van der Waals surface area contributed by atoms with Crippen LogP contribution in [0.5, 0.6) is 11.5 Å². The molecule has 26 heavy (non-hydrogen) atoms. The van der Waals surface area contributed by atoms with Gasteiger partial charge in [0.1, 0.15) is 11.5 Å². The van der Waals surface area contributed by atoms with Gasteiger partial charge in [0.2, 0.25) is 5.89 Å². The number of rotatable bonds is 7. The minimum Gasteiger partial charge on any atom is -0.497 e. The Kier molecular flexibility index (Phi) is 6.06. The molecular weight excluding hydrogens is 372 g/mol. The normalized spacial score (nSPS) is 12.0. The van der Waals surface area contributed by atoms with E-state index in [2.05, 4.69) is 17.1 Å². The summed E-state index contributed by atoms with van der Waals surface area (Å²) in [6.07, 6.45) is 0.928. The van der Waals surface area contributed by atoms with Crippen molar-refractivity contribution in [3.8, 4) is 23.0 Å². The van der Waals surface area contributed by atoms with E-state index in [4.69, 9.17) is 25.5 Å². The molecule has 0 N–H and O–H groups in total. The molecule has 0 radical (unpaired) electrons. The first-order chi connectivity index (χ1) is 12.6. The summed E-state index contributed by atoms with van der Waals surface area (Å²) in [6, 6.07) is 13.3. The highest BCUT2D eigenvalue weighted by molar-refractivity contribution is 7.99. The largest absolute Gasteiger partial charge is 0.497 e. The number of hydrogen-bond acceptors (Lipinski definition) is 6. The van der Waals surface area contributed by atoms with E-state index in [1.54, 1.807) is 20.3 Å². The quantitative estimate of drug-likeness (QED) is 0.486. The van der Waals surface area contributed by atoms with Crippen LogP contribution in [0.4, 0.5) is 0 Å². The molecule has 0 aliphatic rings. The Morgan fingerprint density at radius 2 is 1.69 bits per heavy atom. The molecule has 0 saturated carbocycles. The first-order valence-electron chi connectivity index (χ1n) is 8.12. The van der Waals surface area contributed by atoms with Gasteiger partial charge < -0.3 is 13.9 Å². The van der Waals surface area contributed by atoms with Gasteiger partial charge in [0.05, 0.1) is 14.2 Å². The van der Waals surface area contributed by atoms with Crippen molar-refractivity contribution in [2.75, 3.05) is 14.2 Å². The van der Waals surface area contributed by atoms with Gasteiger partial charge in [-0.3, -0.25) is 0 Å². The Hall–Kier alpha value is -2.18. The molecule has 0 aliphatic carbocycles.